The van der Waals surface area contributed by atoms with E-state index in [1.54, 1.807) is 24.0 Å². The minimum Gasteiger partial charge on any atom is -0.481 e. The number of amides is 1. The second kappa shape index (κ2) is 7.39. The number of hydrogen-bond donors (Lipinski definition) is 1. The summed E-state index contributed by atoms with van der Waals surface area (Å²) in [4.78, 5) is 26.0. The number of piperidine rings is 1. The van der Waals surface area contributed by atoms with Crippen LogP contribution in [-0.2, 0) is 14.6 Å². The van der Waals surface area contributed by atoms with Crippen LogP contribution in [0.1, 0.15) is 55.8 Å². The summed E-state index contributed by atoms with van der Waals surface area (Å²) in [6.07, 6.45) is 4.51. The molecule has 2 aliphatic rings. The fourth-order valence-electron chi connectivity index (χ4n) is 4.10. The first kappa shape index (κ1) is 18.9. The minimum atomic E-state index is -3.34. The van der Waals surface area contributed by atoms with Crippen molar-refractivity contribution < 1.29 is 23.1 Å². The summed E-state index contributed by atoms with van der Waals surface area (Å²) < 4.78 is 25.3. The normalized spacial score (nSPS) is 24.6. The summed E-state index contributed by atoms with van der Waals surface area (Å²) in [5.41, 5.74) is 0.397. The van der Waals surface area contributed by atoms with Gasteiger partial charge in [-0.15, -0.1) is 0 Å². The summed E-state index contributed by atoms with van der Waals surface area (Å²) in [6, 6.07) is 5.72. The van der Waals surface area contributed by atoms with Crippen LogP contribution in [-0.4, -0.2) is 48.1 Å². The molecule has 7 heteroatoms. The molecule has 142 valence electrons. The Morgan fingerprint density at radius 2 is 1.65 bits per heavy atom. The number of hydrogen-bond acceptors (Lipinski definition) is 4. The van der Waals surface area contributed by atoms with E-state index in [4.69, 9.17) is 0 Å². The van der Waals surface area contributed by atoms with E-state index in [0.29, 0.717) is 37.8 Å². The quantitative estimate of drug-likeness (QED) is 0.868. The Bertz CT molecular complexity index is 781. The lowest BCUT2D eigenvalue weighted by Gasteiger charge is -2.37. The topological polar surface area (TPSA) is 91.8 Å². The molecule has 0 aromatic heterocycles. The maximum absolute atomic E-state index is 12.8. The molecule has 1 aromatic rings. The Balaban J connectivity index is 1.78. The van der Waals surface area contributed by atoms with Gasteiger partial charge in [-0.2, -0.15) is 0 Å². The van der Waals surface area contributed by atoms with Gasteiger partial charge in [-0.05, 0) is 56.9 Å². The third-order valence-corrected chi connectivity index (χ3v) is 8.02. The van der Waals surface area contributed by atoms with Gasteiger partial charge in [0.1, 0.15) is 0 Å². The van der Waals surface area contributed by atoms with Crippen LogP contribution in [0.2, 0.25) is 0 Å². The van der Waals surface area contributed by atoms with Crippen LogP contribution in [0.15, 0.2) is 29.2 Å². The first-order chi connectivity index (χ1) is 12.3. The largest absolute Gasteiger partial charge is 0.481 e. The number of rotatable bonds is 4. The summed E-state index contributed by atoms with van der Waals surface area (Å²) >= 11 is 0. The number of carbonyl (C=O) groups is 2. The molecule has 1 saturated carbocycles. The number of benzene rings is 1. The lowest BCUT2D eigenvalue weighted by molar-refractivity contribution is -0.144. The molecule has 2 fully saturated rings. The average Bonchev–Trinajstić information content (AvgIpc) is 3.17. The Kier molecular flexibility index (Phi) is 5.37. The highest BCUT2D eigenvalue weighted by Crippen LogP contribution is 2.30. The molecular weight excluding hydrogens is 354 g/mol. The molecule has 0 radical (unpaired) electrons. The number of likely N-dealkylation sites (tertiary alicyclic amines) is 1. The van der Waals surface area contributed by atoms with Crippen LogP contribution in [0.4, 0.5) is 0 Å². The van der Waals surface area contributed by atoms with Crippen molar-refractivity contribution in [1.29, 1.82) is 0 Å². The van der Waals surface area contributed by atoms with Gasteiger partial charge in [-0.1, -0.05) is 12.8 Å². The van der Waals surface area contributed by atoms with Crippen molar-refractivity contribution in [3.05, 3.63) is 29.8 Å². The predicted molar refractivity (Wildman–Crippen MR) is 96.7 cm³/mol. The second-order valence-electron chi connectivity index (χ2n) is 7.30. The maximum Gasteiger partial charge on any atom is 0.308 e. The van der Waals surface area contributed by atoms with Gasteiger partial charge in [-0.25, -0.2) is 8.42 Å². The van der Waals surface area contributed by atoms with Crippen LogP contribution >= 0.6 is 0 Å². The summed E-state index contributed by atoms with van der Waals surface area (Å²) in [7, 11) is -3.34. The highest BCUT2D eigenvalue weighted by atomic mass is 32.2. The Hall–Kier alpha value is -1.89. The zero-order valence-electron chi connectivity index (χ0n) is 14.9. The molecule has 1 amide bonds. The van der Waals surface area contributed by atoms with Gasteiger partial charge in [-0.3, -0.25) is 9.59 Å². The van der Waals surface area contributed by atoms with E-state index >= 15 is 0 Å². The first-order valence-corrected chi connectivity index (χ1v) is 10.7. The van der Waals surface area contributed by atoms with Crippen molar-refractivity contribution in [2.45, 2.75) is 61.6 Å². The van der Waals surface area contributed by atoms with Crippen LogP contribution in [0.3, 0.4) is 0 Å². The molecule has 0 unspecified atom stereocenters. The fraction of sp³-hybridized carbons (Fsp3) is 0.579. The minimum absolute atomic E-state index is 0.242. The van der Waals surface area contributed by atoms with Gasteiger partial charge in [0.15, 0.2) is 9.84 Å². The van der Waals surface area contributed by atoms with Crippen molar-refractivity contribution in [1.82, 2.24) is 4.90 Å². The molecule has 1 heterocycles. The third-order valence-electron chi connectivity index (χ3n) is 5.74. The van der Waals surface area contributed by atoms with Gasteiger partial charge in [0.25, 0.3) is 5.91 Å². The number of nitrogens with zero attached hydrogens (tertiary/aromatic N) is 1. The van der Waals surface area contributed by atoms with Gasteiger partial charge in [0, 0.05) is 18.2 Å². The van der Waals surface area contributed by atoms with Crippen LogP contribution < -0.4 is 0 Å². The van der Waals surface area contributed by atoms with E-state index < -0.39 is 21.7 Å². The second-order valence-corrected chi connectivity index (χ2v) is 9.53. The molecule has 1 aliphatic carbocycles. The highest BCUT2D eigenvalue weighted by molar-refractivity contribution is 7.92. The molecule has 3 rings (SSSR count). The Labute approximate surface area is 154 Å². The number of carbonyl (C=O) groups excluding carboxylic acids is 1. The number of carboxylic acid groups (broad SMARTS) is 1. The first-order valence-electron chi connectivity index (χ1n) is 9.20. The van der Waals surface area contributed by atoms with E-state index in [2.05, 4.69) is 0 Å². The molecular formula is C19H25NO5S. The third kappa shape index (κ3) is 3.49. The maximum atomic E-state index is 12.8. The van der Waals surface area contributed by atoms with Crippen molar-refractivity contribution in [2.24, 2.45) is 5.92 Å². The summed E-state index contributed by atoms with van der Waals surface area (Å²) in [5.74, 6) is -1.68. The monoisotopic (exact) mass is 379 g/mol. The van der Waals surface area contributed by atoms with Crippen molar-refractivity contribution in [2.75, 3.05) is 6.54 Å². The Morgan fingerprint density at radius 1 is 1.04 bits per heavy atom. The zero-order chi connectivity index (χ0) is 18.9. The van der Waals surface area contributed by atoms with E-state index in [1.165, 1.54) is 12.1 Å². The molecule has 26 heavy (non-hydrogen) atoms. The SMILES string of the molecule is C[C@@H]1[C@H](C(=O)O)CCCN1C(=O)c1ccc(S(=O)(=O)C2CCCC2)cc1. The smallest absolute Gasteiger partial charge is 0.308 e. The van der Waals surface area contributed by atoms with Crippen molar-refractivity contribution in [3.8, 4) is 0 Å². The number of aliphatic carboxylic acids is 1. The molecule has 1 aromatic carbocycles. The van der Waals surface area contributed by atoms with E-state index in [0.717, 1.165) is 12.8 Å². The van der Waals surface area contributed by atoms with E-state index in [9.17, 15) is 23.1 Å². The molecule has 1 aliphatic heterocycles. The number of sulfone groups is 1. The van der Waals surface area contributed by atoms with Crippen molar-refractivity contribution in [3.63, 3.8) is 0 Å². The molecule has 0 bridgehead atoms. The van der Waals surface area contributed by atoms with Gasteiger partial charge >= 0.3 is 5.97 Å². The highest BCUT2D eigenvalue weighted by Gasteiger charge is 2.36. The molecule has 0 spiro atoms. The lowest BCUT2D eigenvalue weighted by Crippen LogP contribution is -2.49. The fourth-order valence-corrected chi connectivity index (χ4v) is 5.96. The predicted octanol–water partition coefficient (Wildman–Crippen LogP) is 2.73. The van der Waals surface area contributed by atoms with Gasteiger partial charge in [0.05, 0.1) is 16.1 Å². The zero-order valence-corrected chi connectivity index (χ0v) is 15.7. The van der Waals surface area contributed by atoms with Crippen molar-refractivity contribution >= 4 is 21.7 Å². The van der Waals surface area contributed by atoms with Crippen LogP contribution in [0.25, 0.3) is 0 Å². The van der Waals surface area contributed by atoms with E-state index in [-0.39, 0.29) is 22.1 Å². The molecule has 1 saturated heterocycles. The summed E-state index contributed by atoms with van der Waals surface area (Å²) in [5, 5.41) is 8.99. The molecule has 6 nitrogen and oxygen atoms in total. The van der Waals surface area contributed by atoms with Crippen LogP contribution in [0, 0.1) is 5.92 Å². The summed E-state index contributed by atoms with van der Waals surface area (Å²) in [6.45, 7) is 2.28. The van der Waals surface area contributed by atoms with Crippen LogP contribution in [0.5, 0.6) is 0 Å². The average molecular weight is 379 g/mol. The standard InChI is InChI=1S/C19H25NO5S/c1-13-17(19(22)23)7-4-12-20(13)18(21)14-8-10-16(11-9-14)26(24,25)15-5-2-3-6-15/h8-11,13,15,17H,2-7,12H2,1H3,(H,22,23)/t13-,17-/m1/s1. The Morgan fingerprint density at radius 3 is 2.23 bits per heavy atom. The number of carboxylic acids is 1. The molecule has 2 atom stereocenters. The van der Waals surface area contributed by atoms with Gasteiger partial charge < -0.3 is 10.0 Å². The lowest BCUT2D eigenvalue weighted by atomic mass is 9.90. The molecule has 1 N–H and O–H groups in total. The van der Waals surface area contributed by atoms with Gasteiger partial charge in [0.2, 0.25) is 0 Å². The van der Waals surface area contributed by atoms with E-state index in [1.807, 2.05) is 0 Å².